The van der Waals surface area contributed by atoms with E-state index in [1.165, 1.54) is 23.9 Å². The van der Waals surface area contributed by atoms with Crippen molar-refractivity contribution in [3.63, 3.8) is 0 Å². The van der Waals surface area contributed by atoms with E-state index in [2.05, 4.69) is 39.6 Å². The average Bonchev–Trinajstić information content (AvgIpc) is 2.88. The number of tetrazole rings is 1. The van der Waals surface area contributed by atoms with E-state index >= 15 is 0 Å². The zero-order valence-corrected chi connectivity index (χ0v) is 11.6. The molecule has 2 rings (SSSR count). The van der Waals surface area contributed by atoms with Gasteiger partial charge < -0.3 is 5.32 Å². The van der Waals surface area contributed by atoms with Crippen LogP contribution < -0.4 is 5.32 Å². The lowest BCUT2D eigenvalue weighted by Crippen LogP contribution is -2.46. The molecule has 0 spiro atoms. The normalized spacial score (nSPS) is 22.1. The summed E-state index contributed by atoms with van der Waals surface area (Å²) >= 11 is 0. The molecule has 1 amide bonds. The molecule has 1 aromatic rings. The highest BCUT2D eigenvalue weighted by atomic mass is 16.2. The van der Waals surface area contributed by atoms with Gasteiger partial charge >= 0.3 is 0 Å². The first-order chi connectivity index (χ1) is 9.15. The lowest BCUT2D eigenvalue weighted by molar-refractivity contribution is -0.122. The maximum atomic E-state index is 11.7. The van der Waals surface area contributed by atoms with Crippen LogP contribution in [0, 0.1) is 5.92 Å². The minimum atomic E-state index is -0.0517. The van der Waals surface area contributed by atoms with Crippen LogP contribution in [0.4, 0.5) is 0 Å². The number of aromatic nitrogens is 4. The number of carbonyl (C=O) groups is 1. The standard InChI is InChI=1S/C12H22N6O/c1-10-4-3-5-17(7-10)11(2)6-13-12(19)8-18-9-14-15-16-18/h9-11H,3-8H2,1-2H3,(H,13,19)/t10-,11-/m1/s1. The summed E-state index contributed by atoms with van der Waals surface area (Å²) in [6.45, 7) is 7.56. The SMILES string of the molecule is C[C@@H]1CCCN([C@H](C)CNC(=O)Cn2cnnn2)C1. The Balaban J connectivity index is 1.70. The van der Waals surface area contributed by atoms with E-state index in [1.54, 1.807) is 0 Å². The smallest absolute Gasteiger partial charge is 0.241 e. The van der Waals surface area contributed by atoms with Crippen LogP contribution in [0.2, 0.25) is 0 Å². The molecule has 1 aliphatic heterocycles. The van der Waals surface area contributed by atoms with Gasteiger partial charge in [0, 0.05) is 19.1 Å². The van der Waals surface area contributed by atoms with Gasteiger partial charge in [-0.3, -0.25) is 9.69 Å². The van der Waals surface area contributed by atoms with Crippen molar-refractivity contribution in [3.8, 4) is 0 Å². The summed E-state index contributed by atoms with van der Waals surface area (Å²) in [5.41, 5.74) is 0. The Morgan fingerprint density at radius 3 is 3.11 bits per heavy atom. The Kier molecular flexibility index (Phi) is 4.84. The van der Waals surface area contributed by atoms with E-state index in [4.69, 9.17) is 0 Å². The topological polar surface area (TPSA) is 75.9 Å². The second-order valence-electron chi connectivity index (χ2n) is 5.40. The van der Waals surface area contributed by atoms with Crippen LogP contribution in [0.5, 0.6) is 0 Å². The van der Waals surface area contributed by atoms with E-state index in [0.717, 1.165) is 19.0 Å². The number of carbonyl (C=O) groups excluding carboxylic acids is 1. The largest absolute Gasteiger partial charge is 0.353 e. The van der Waals surface area contributed by atoms with E-state index in [9.17, 15) is 4.79 Å². The monoisotopic (exact) mass is 266 g/mol. The molecule has 1 N–H and O–H groups in total. The molecule has 0 bridgehead atoms. The number of amides is 1. The first-order valence-electron chi connectivity index (χ1n) is 6.86. The van der Waals surface area contributed by atoms with Crippen molar-refractivity contribution in [2.24, 2.45) is 5.92 Å². The van der Waals surface area contributed by atoms with Crippen LogP contribution in [-0.2, 0) is 11.3 Å². The first-order valence-corrected chi connectivity index (χ1v) is 6.86. The lowest BCUT2D eigenvalue weighted by atomic mass is 9.99. The second kappa shape index (κ2) is 6.60. The van der Waals surface area contributed by atoms with Crippen molar-refractivity contribution in [2.75, 3.05) is 19.6 Å². The van der Waals surface area contributed by atoms with Crippen molar-refractivity contribution < 1.29 is 4.79 Å². The summed E-state index contributed by atoms with van der Waals surface area (Å²) in [6, 6.07) is 0.376. The molecule has 1 saturated heterocycles. The Morgan fingerprint density at radius 2 is 2.42 bits per heavy atom. The summed E-state index contributed by atoms with van der Waals surface area (Å²) in [7, 11) is 0. The molecule has 1 aromatic heterocycles. The third-order valence-corrected chi connectivity index (χ3v) is 3.60. The van der Waals surface area contributed by atoms with Crippen LogP contribution >= 0.6 is 0 Å². The number of piperidine rings is 1. The fourth-order valence-corrected chi connectivity index (χ4v) is 2.47. The Morgan fingerprint density at radius 1 is 1.58 bits per heavy atom. The molecule has 1 aliphatic rings. The van der Waals surface area contributed by atoms with Gasteiger partial charge in [0.25, 0.3) is 0 Å². The Hall–Kier alpha value is -1.50. The Bertz CT molecular complexity index is 393. The number of nitrogens with one attached hydrogen (secondary N) is 1. The molecular formula is C12H22N6O. The third kappa shape index (κ3) is 4.27. The maximum Gasteiger partial charge on any atom is 0.241 e. The van der Waals surface area contributed by atoms with E-state index in [-0.39, 0.29) is 12.5 Å². The van der Waals surface area contributed by atoms with Crippen LogP contribution in [0.1, 0.15) is 26.7 Å². The minimum Gasteiger partial charge on any atom is -0.353 e. The molecule has 0 unspecified atom stereocenters. The summed E-state index contributed by atoms with van der Waals surface area (Å²) < 4.78 is 1.42. The van der Waals surface area contributed by atoms with E-state index in [0.29, 0.717) is 12.6 Å². The fourth-order valence-electron chi connectivity index (χ4n) is 2.47. The molecule has 0 aliphatic carbocycles. The number of rotatable bonds is 5. The highest BCUT2D eigenvalue weighted by Crippen LogP contribution is 2.17. The molecule has 106 valence electrons. The summed E-state index contributed by atoms with van der Waals surface area (Å²) in [5.74, 6) is 0.706. The average molecular weight is 266 g/mol. The van der Waals surface area contributed by atoms with Gasteiger partial charge in [0.15, 0.2) is 0 Å². The zero-order valence-electron chi connectivity index (χ0n) is 11.6. The van der Waals surface area contributed by atoms with Gasteiger partial charge in [-0.05, 0) is 42.7 Å². The van der Waals surface area contributed by atoms with Crippen LogP contribution in [0.15, 0.2) is 6.33 Å². The fraction of sp³-hybridized carbons (Fsp3) is 0.833. The van der Waals surface area contributed by atoms with Gasteiger partial charge in [0.2, 0.25) is 5.91 Å². The molecule has 0 aromatic carbocycles. The van der Waals surface area contributed by atoms with Gasteiger partial charge in [-0.25, -0.2) is 4.68 Å². The quantitative estimate of drug-likeness (QED) is 0.806. The van der Waals surface area contributed by atoms with E-state index < -0.39 is 0 Å². The van der Waals surface area contributed by atoms with Gasteiger partial charge in [-0.15, -0.1) is 5.10 Å². The molecule has 0 saturated carbocycles. The summed E-state index contributed by atoms with van der Waals surface area (Å²) in [4.78, 5) is 14.2. The molecular weight excluding hydrogens is 244 g/mol. The van der Waals surface area contributed by atoms with Crippen molar-refractivity contribution in [1.82, 2.24) is 30.4 Å². The van der Waals surface area contributed by atoms with Gasteiger partial charge in [0.1, 0.15) is 12.9 Å². The molecule has 7 nitrogen and oxygen atoms in total. The first kappa shape index (κ1) is 13.9. The summed E-state index contributed by atoms with van der Waals surface area (Å²) in [6.07, 6.45) is 4.01. The van der Waals surface area contributed by atoms with Crippen molar-refractivity contribution in [1.29, 1.82) is 0 Å². The highest BCUT2D eigenvalue weighted by Gasteiger charge is 2.21. The highest BCUT2D eigenvalue weighted by molar-refractivity contribution is 5.75. The molecule has 7 heteroatoms. The number of hydrogen-bond acceptors (Lipinski definition) is 5. The molecule has 19 heavy (non-hydrogen) atoms. The van der Waals surface area contributed by atoms with Crippen molar-refractivity contribution >= 4 is 5.91 Å². The maximum absolute atomic E-state index is 11.7. The molecule has 2 heterocycles. The van der Waals surface area contributed by atoms with E-state index in [1.807, 2.05) is 0 Å². The van der Waals surface area contributed by atoms with Crippen LogP contribution in [0.3, 0.4) is 0 Å². The summed E-state index contributed by atoms with van der Waals surface area (Å²) in [5, 5.41) is 13.6. The third-order valence-electron chi connectivity index (χ3n) is 3.60. The predicted molar refractivity (Wildman–Crippen MR) is 70.3 cm³/mol. The minimum absolute atomic E-state index is 0.0517. The predicted octanol–water partition coefficient (Wildman–Crippen LogP) is -0.0903. The Labute approximate surface area is 113 Å². The van der Waals surface area contributed by atoms with Crippen molar-refractivity contribution in [3.05, 3.63) is 6.33 Å². The van der Waals surface area contributed by atoms with Gasteiger partial charge in [-0.2, -0.15) is 0 Å². The van der Waals surface area contributed by atoms with Gasteiger partial charge in [0.05, 0.1) is 0 Å². The lowest BCUT2D eigenvalue weighted by Gasteiger charge is -2.35. The molecule has 2 atom stereocenters. The van der Waals surface area contributed by atoms with Crippen LogP contribution in [0.25, 0.3) is 0 Å². The van der Waals surface area contributed by atoms with Crippen LogP contribution in [-0.4, -0.2) is 56.7 Å². The van der Waals surface area contributed by atoms with Crippen molar-refractivity contribution in [2.45, 2.75) is 39.3 Å². The number of likely N-dealkylation sites (tertiary alicyclic amines) is 1. The zero-order chi connectivity index (χ0) is 13.7. The molecule has 1 fully saturated rings. The molecule has 0 radical (unpaired) electrons. The second-order valence-corrected chi connectivity index (χ2v) is 5.40. The number of nitrogens with zero attached hydrogens (tertiary/aromatic N) is 5. The van der Waals surface area contributed by atoms with Gasteiger partial charge in [-0.1, -0.05) is 6.92 Å². The number of hydrogen-bond donors (Lipinski definition) is 1.